The van der Waals surface area contributed by atoms with Gasteiger partial charge in [0.1, 0.15) is 0 Å². The van der Waals surface area contributed by atoms with Gasteiger partial charge in [0.05, 0.1) is 6.10 Å². The maximum atomic E-state index is 5.70. The fourth-order valence-corrected chi connectivity index (χ4v) is 2.27. The van der Waals surface area contributed by atoms with Gasteiger partial charge in [0.15, 0.2) is 0 Å². The first-order valence-electron chi connectivity index (χ1n) is 5.59. The Bertz CT molecular complexity index is 130. The van der Waals surface area contributed by atoms with Crippen LogP contribution >= 0.6 is 0 Å². The molecule has 1 atom stereocenters. The SMILES string of the molecule is CCOC(CN)C1CCC(C)CC1. The Balaban J connectivity index is 2.32. The molecule has 78 valence electrons. The second-order valence-corrected chi connectivity index (χ2v) is 4.25. The van der Waals surface area contributed by atoms with E-state index in [0.29, 0.717) is 12.6 Å². The van der Waals surface area contributed by atoms with E-state index in [1.165, 1.54) is 25.7 Å². The van der Waals surface area contributed by atoms with Crippen LogP contribution in [0.15, 0.2) is 0 Å². The molecule has 1 unspecified atom stereocenters. The zero-order chi connectivity index (χ0) is 9.68. The summed E-state index contributed by atoms with van der Waals surface area (Å²) in [6.45, 7) is 5.88. The molecule has 1 saturated carbocycles. The second-order valence-electron chi connectivity index (χ2n) is 4.25. The first kappa shape index (κ1) is 11.0. The number of hydrogen-bond acceptors (Lipinski definition) is 2. The average molecular weight is 185 g/mol. The highest BCUT2D eigenvalue weighted by Gasteiger charge is 2.25. The zero-order valence-corrected chi connectivity index (χ0v) is 8.96. The van der Waals surface area contributed by atoms with Crippen LogP contribution in [0.1, 0.15) is 39.5 Å². The van der Waals surface area contributed by atoms with Gasteiger partial charge in [0.2, 0.25) is 0 Å². The lowest BCUT2D eigenvalue weighted by Gasteiger charge is -2.31. The normalized spacial score (nSPS) is 31.6. The Morgan fingerprint density at radius 1 is 1.31 bits per heavy atom. The summed E-state index contributed by atoms with van der Waals surface area (Å²) in [6.07, 6.45) is 5.65. The van der Waals surface area contributed by atoms with Crippen molar-refractivity contribution in [1.82, 2.24) is 0 Å². The summed E-state index contributed by atoms with van der Waals surface area (Å²) in [5, 5.41) is 0. The van der Waals surface area contributed by atoms with Crippen molar-refractivity contribution in [1.29, 1.82) is 0 Å². The summed E-state index contributed by atoms with van der Waals surface area (Å²) >= 11 is 0. The standard InChI is InChI=1S/C11H23NO/c1-3-13-11(8-12)10-6-4-9(2)5-7-10/h9-11H,3-8,12H2,1-2H3. The minimum absolute atomic E-state index is 0.317. The van der Waals surface area contributed by atoms with Crippen molar-refractivity contribution >= 4 is 0 Å². The van der Waals surface area contributed by atoms with E-state index in [4.69, 9.17) is 10.5 Å². The summed E-state index contributed by atoms with van der Waals surface area (Å²) in [5.41, 5.74) is 5.70. The number of ether oxygens (including phenoxy) is 1. The summed E-state index contributed by atoms with van der Waals surface area (Å²) in [7, 11) is 0. The number of nitrogens with two attached hydrogens (primary N) is 1. The van der Waals surface area contributed by atoms with Crippen molar-refractivity contribution in [2.24, 2.45) is 17.6 Å². The quantitative estimate of drug-likeness (QED) is 0.728. The largest absolute Gasteiger partial charge is 0.377 e. The predicted octanol–water partition coefficient (Wildman–Crippen LogP) is 2.18. The molecular weight excluding hydrogens is 162 g/mol. The second kappa shape index (κ2) is 5.61. The van der Waals surface area contributed by atoms with Crippen LogP contribution in [0.5, 0.6) is 0 Å². The molecule has 0 spiro atoms. The van der Waals surface area contributed by atoms with Crippen LogP contribution in [0.4, 0.5) is 0 Å². The summed E-state index contributed by atoms with van der Waals surface area (Å²) < 4.78 is 5.64. The van der Waals surface area contributed by atoms with Gasteiger partial charge >= 0.3 is 0 Å². The smallest absolute Gasteiger partial charge is 0.0725 e. The van der Waals surface area contributed by atoms with E-state index in [-0.39, 0.29) is 0 Å². The highest BCUT2D eigenvalue weighted by Crippen LogP contribution is 2.31. The van der Waals surface area contributed by atoms with Gasteiger partial charge in [-0.15, -0.1) is 0 Å². The van der Waals surface area contributed by atoms with Gasteiger partial charge in [0, 0.05) is 13.2 Å². The van der Waals surface area contributed by atoms with Gasteiger partial charge in [-0.1, -0.05) is 19.8 Å². The van der Waals surface area contributed by atoms with Crippen molar-refractivity contribution in [3.8, 4) is 0 Å². The molecule has 13 heavy (non-hydrogen) atoms. The summed E-state index contributed by atoms with van der Waals surface area (Å²) in [6, 6.07) is 0. The van der Waals surface area contributed by atoms with Gasteiger partial charge < -0.3 is 10.5 Å². The van der Waals surface area contributed by atoms with E-state index in [1.54, 1.807) is 0 Å². The first-order valence-corrected chi connectivity index (χ1v) is 5.59. The molecule has 2 nitrogen and oxygen atoms in total. The molecule has 0 saturated heterocycles. The predicted molar refractivity (Wildman–Crippen MR) is 55.6 cm³/mol. The van der Waals surface area contributed by atoms with Crippen molar-refractivity contribution in [2.75, 3.05) is 13.2 Å². The number of rotatable bonds is 4. The molecule has 0 radical (unpaired) electrons. The molecule has 2 heteroatoms. The zero-order valence-electron chi connectivity index (χ0n) is 8.96. The van der Waals surface area contributed by atoms with Crippen LogP contribution in [-0.2, 0) is 4.74 Å². The van der Waals surface area contributed by atoms with Crippen LogP contribution in [0.3, 0.4) is 0 Å². The fraction of sp³-hybridized carbons (Fsp3) is 1.00. The Hall–Kier alpha value is -0.0800. The maximum Gasteiger partial charge on any atom is 0.0725 e. The lowest BCUT2D eigenvalue weighted by molar-refractivity contribution is 0.00916. The van der Waals surface area contributed by atoms with E-state index in [2.05, 4.69) is 6.92 Å². The van der Waals surface area contributed by atoms with Crippen LogP contribution < -0.4 is 5.73 Å². The number of hydrogen-bond donors (Lipinski definition) is 1. The van der Waals surface area contributed by atoms with Crippen molar-refractivity contribution in [3.05, 3.63) is 0 Å². The Morgan fingerprint density at radius 3 is 2.38 bits per heavy atom. The molecular formula is C11H23NO. The van der Waals surface area contributed by atoms with Crippen molar-refractivity contribution in [2.45, 2.75) is 45.6 Å². The minimum Gasteiger partial charge on any atom is -0.377 e. The molecule has 1 aliphatic rings. The summed E-state index contributed by atoms with van der Waals surface area (Å²) in [4.78, 5) is 0. The molecule has 0 aromatic heterocycles. The van der Waals surface area contributed by atoms with Gasteiger partial charge in [0.25, 0.3) is 0 Å². The van der Waals surface area contributed by atoms with E-state index in [9.17, 15) is 0 Å². The van der Waals surface area contributed by atoms with Crippen LogP contribution in [-0.4, -0.2) is 19.3 Å². The maximum absolute atomic E-state index is 5.70. The van der Waals surface area contributed by atoms with Gasteiger partial charge in [-0.25, -0.2) is 0 Å². The third-order valence-corrected chi connectivity index (χ3v) is 3.20. The van der Waals surface area contributed by atoms with Crippen LogP contribution in [0.25, 0.3) is 0 Å². The van der Waals surface area contributed by atoms with Gasteiger partial charge in [-0.2, -0.15) is 0 Å². The van der Waals surface area contributed by atoms with E-state index >= 15 is 0 Å². The molecule has 0 amide bonds. The Kier molecular flexibility index (Phi) is 4.74. The van der Waals surface area contributed by atoms with E-state index < -0.39 is 0 Å². The molecule has 1 rings (SSSR count). The molecule has 0 aliphatic heterocycles. The molecule has 2 N–H and O–H groups in total. The van der Waals surface area contributed by atoms with Crippen molar-refractivity contribution in [3.63, 3.8) is 0 Å². The minimum atomic E-state index is 0.317. The molecule has 0 aromatic rings. The highest BCUT2D eigenvalue weighted by atomic mass is 16.5. The molecule has 0 bridgehead atoms. The third-order valence-electron chi connectivity index (χ3n) is 3.20. The van der Waals surface area contributed by atoms with E-state index in [0.717, 1.165) is 18.4 Å². The molecule has 0 aromatic carbocycles. The van der Waals surface area contributed by atoms with Gasteiger partial charge in [-0.3, -0.25) is 0 Å². The van der Waals surface area contributed by atoms with E-state index in [1.807, 2.05) is 6.92 Å². The molecule has 1 aliphatic carbocycles. The highest BCUT2D eigenvalue weighted by molar-refractivity contribution is 4.77. The fourth-order valence-electron chi connectivity index (χ4n) is 2.27. The van der Waals surface area contributed by atoms with Crippen molar-refractivity contribution < 1.29 is 4.74 Å². The lowest BCUT2D eigenvalue weighted by atomic mass is 9.80. The Morgan fingerprint density at radius 2 is 1.92 bits per heavy atom. The third kappa shape index (κ3) is 3.28. The van der Waals surface area contributed by atoms with Gasteiger partial charge in [-0.05, 0) is 31.6 Å². The average Bonchev–Trinajstić information content (AvgIpc) is 2.16. The monoisotopic (exact) mass is 185 g/mol. The topological polar surface area (TPSA) is 35.2 Å². The van der Waals surface area contributed by atoms with Crippen LogP contribution in [0, 0.1) is 11.8 Å². The Labute approximate surface area is 81.8 Å². The molecule has 1 fully saturated rings. The molecule has 0 heterocycles. The summed E-state index contributed by atoms with van der Waals surface area (Å²) in [5.74, 6) is 1.64. The lowest BCUT2D eigenvalue weighted by Crippen LogP contribution is -2.34. The van der Waals surface area contributed by atoms with Crippen LogP contribution in [0.2, 0.25) is 0 Å². The first-order chi connectivity index (χ1) is 6.27.